The summed E-state index contributed by atoms with van der Waals surface area (Å²) >= 11 is 0. The second-order valence-electron chi connectivity index (χ2n) is 6.00. The lowest BCUT2D eigenvalue weighted by Gasteiger charge is -2.40. The molecule has 3 N–H and O–H groups in total. The number of rotatable bonds is 6. The molecule has 0 aliphatic heterocycles. The van der Waals surface area contributed by atoms with E-state index in [1.807, 2.05) is 13.8 Å². The average Bonchev–Trinajstić information content (AvgIpc) is 2.23. The maximum atomic E-state index is 12.2. The summed E-state index contributed by atoms with van der Waals surface area (Å²) in [6.07, 6.45) is 0. The molecule has 0 heterocycles. The second-order valence-corrected chi connectivity index (χ2v) is 6.00. The van der Waals surface area contributed by atoms with Gasteiger partial charge in [-0.15, -0.1) is 0 Å². The van der Waals surface area contributed by atoms with E-state index in [0.717, 1.165) is 0 Å². The molecule has 6 nitrogen and oxygen atoms in total. The normalized spacial score (nSPS) is 12.4. The third-order valence-corrected chi connectivity index (χ3v) is 3.74. The molecule has 0 atom stereocenters. The molecular formula is C13H26N2O4. The van der Waals surface area contributed by atoms with E-state index in [1.165, 1.54) is 4.90 Å². The Morgan fingerprint density at radius 3 is 2.00 bits per heavy atom. The van der Waals surface area contributed by atoms with Crippen molar-refractivity contribution in [3.63, 3.8) is 0 Å². The summed E-state index contributed by atoms with van der Waals surface area (Å²) in [7, 11) is 0. The Labute approximate surface area is 114 Å². The number of hydrogen-bond acceptors (Lipinski definition) is 3. The van der Waals surface area contributed by atoms with E-state index >= 15 is 0 Å². The first-order valence-corrected chi connectivity index (χ1v) is 6.40. The number of carboxylic acids is 1. The number of nitrogens with one attached hydrogen (secondary N) is 1. The summed E-state index contributed by atoms with van der Waals surface area (Å²) in [4.78, 5) is 24.9. The first-order chi connectivity index (χ1) is 8.47. The van der Waals surface area contributed by atoms with Crippen molar-refractivity contribution in [2.45, 2.75) is 53.1 Å². The molecule has 0 aliphatic carbocycles. The fourth-order valence-electron chi connectivity index (χ4n) is 1.46. The topological polar surface area (TPSA) is 89.9 Å². The van der Waals surface area contributed by atoms with Gasteiger partial charge in [-0.05, 0) is 41.5 Å². The van der Waals surface area contributed by atoms with E-state index in [2.05, 4.69) is 5.32 Å². The van der Waals surface area contributed by atoms with Gasteiger partial charge in [0, 0.05) is 12.6 Å². The van der Waals surface area contributed by atoms with Crippen molar-refractivity contribution in [3.05, 3.63) is 0 Å². The highest BCUT2D eigenvalue weighted by atomic mass is 16.4. The number of carboxylic acid groups (broad SMARTS) is 1. The van der Waals surface area contributed by atoms with Gasteiger partial charge in [-0.1, -0.05) is 0 Å². The second kappa shape index (κ2) is 6.23. The van der Waals surface area contributed by atoms with Gasteiger partial charge in [0.2, 0.25) is 0 Å². The van der Waals surface area contributed by atoms with Crippen LogP contribution >= 0.6 is 0 Å². The molecule has 0 bridgehead atoms. The van der Waals surface area contributed by atoms with Crippen LogP contribution in [0.15, 0.2) is 0 Å². The Bertz CT molecular complexity index is 338. The predicted molar refractivity (Wildman–Crippen MR) is 73.0 cm³/mol. The van der Waals surface area contributed by atoms with Crippen molar-refractivity contribution in [1.29, 1.82) is 0 Å². The Balaban J connectivity index is 5.01. The van der Waals surface area contributed by atoms with Gasteiger partial charge in [-0.3, -0.25) is 4.79 Å². The third kappa shape index (κ3) is 4.09. The number of aliphatic hydroxyl groups excluding tert-OH is 1. The number of amides is 2. The maximum Gasteiger partial charge on any atom is 0.318 e. The fraction of sp³-hybridized carbons (Fsp3) is 0.846. The molecule has 0 rings (SSSR count). The standard InChI is InChI=1S/C13H26N2O4/c1-9(2)15(7-8-16)11(19)14-13(5,6)12(3,4)10(17)18/h9,16H,7-8H2,1-6H3,(H,14,19)(H,17,18). The lowest BCUT2D eigenvalue weighted by molar-refractivity contribution is -0.150. The van der Waals surface area contributed by atoms with Crippen molar-refractivity contribution >= 4 is 12.0 Å². The Hall–Kier alpha value is -1.30. The summed E-state index contributed by atoms with van der Waals surface area (Å²) in [5.41, 5.74) is -2.02. The van der Waals surface area contributed by atoms with Crippen LogP contribution < -0.4 is 5.32 Å². The lowest BCUT2D eigenvalue weighted by Crippen LogP contribution is -2.60. The number of aliphatic carboxylic acids is 1. The van der Waals surface area contributed by atoms with E-state index in [0.29, 0.717) is 0 Å². The Morgan fingerprint density at radius 1 is 1.21 bits per heavy atom. The van der Waals surface area contributed by atoms with Crippen LogP contribution in [0.25, 0.3) is 0 Å². The monoisotopic (exact) mass is 274 g/mol. The number of hydrogen-bond donors (Lipinski definition) is 3. The zero-order valence-electron chi connectivity index (χ0n) is 12.6. The molecule has 112 valence electrons. The molecule has 0 aromatic carbocycles. The van der Waals surface area contributed by atoms with Crippen LogP contribution in [0.5, 0.6) is 0 Å². The average molecular weight is 274 g/mol. The van der Waals surface area contributed by atoms with E-state index in [1.54, 1.807) is 27.7 Å². The summed E-state index contributed by atoms with van der Waals surface area (Å²) in [5.74, 6) is -0.976. The van der Waals surface area contributed by atoms with Gasteiger partial charge in [-0.25, -0.2) is 4.79 Å². The molecule has 0 fully saturated rings. The molecule has 6 heteroatoms. The quantitative estimate of drug-likeness (QED) is 0.680. The van der Waals surface area contributed by atoms with Crippen molar-refractivity contribution in [2.75, 3.05) is 13.2 Å². The number of carbonyl (C=O) groups is 2. The van der Waals surface area contributed by atoms with Crippen LogP contribution in [0.1, 0.15) is 41.5 Å². The molecule has 0 saturated heterocycles. The fourth-order valence-corrected chi connectivity index (χ4v) is 1.46. The highest BCUT2D eigenvalue weighted by molar-refractivity contribution is 5.79. The Kier molecular flexibility index (Phi) is 5.81. The zero-order chi connectivity index (χ0) is 15.4. The summed E-state index contributed by atoms with van der Waals surface area (Å²) in [5, 5.41) is 20.9. The minimum atomic E-state index is -1.11. The summed E-state index contributed by atoms with van der Waals surface area (Å²) in [6, 6.07) is -0.445. The molecular weight excluding hydrogens is 248 g/mol. The molecule has 0 radical (unpaired) electrons. The van der Waals surface area contributed by atoms with E-state index in [4.69, 9.17) is 5.11 Å². The third-order valence-electron chi connectivity index (χ3n) is 3.74. The van der Waals surface area contributed by atoms with Crippen molar-refractivity contribution in [2.24, 2.45) is 5.41 Å². The molecule has 0 aromatic heterocycles. The van der Waals surface area contributed by atoms with Crippen LogP contribution in [-0.4, -0.2) is 51.8 Å². The predicted octanol–water partition coefficient (Wildman–Crippen LogP) is 1.29. The van der Waals surface area contributed by atoms with E-state index < -0.39 is 16.9 Å². The number of carbonyl (C=O) groups excluding carboxylic acids is 1. The van der Waals surface area contributed by atoms with Crippen LogP contribution in [-0.2, 0) is 4.79 Å². The SMILES string of the molecule is CC(C)N(CCO)C(=O)NC(C)(C)C(C)(C)C(=O)O. The van der Waals surface area contributed by atoms with Gasteiger partial charge in [0.05, 0.1) is 17.6 Å². The number of urea groups is 1. The molecule has 2 amide bonds. The molecule has 0 aromatic rings. The summed E-state index contributed by atoms with van der Waals surface area (Å²) in [6.45, 7) is 10.3. The smallest absolute Gasteiger partial charge is 0.318 e. The molecule has 0 saturated carbocycles. The highest BCUT2D eigenvalue weighted by Crippen LogP contribution is 2.30. The number of nitrogens with zero attached hydrogens (tertiary/aromatic N) is 1. The summed E-state index contributed by atoms with van der Waals surface area (Å²) < 4.78 is 0. The van der Waals surface area contributed by atoms with Gasteiger partial charge in [0.15, 0.2) is 0 Å². The zero-order valence-corrected chi connectivity index (χ0v) is 12.6. The van der Waals surface area contributed by atoms with E-state index in [-0.39, 0.29) is 25.2 Å². The van der Waals surface area contributed by atoms with Crippen LogP contribution in [0.2, 0.25) is 0 Å². The van der Waals surface area contributed by atoms with Gasteiger partial charge in [0.25, 0.3) is 0 Å². The van der Waals surface area contributed by atoms with Crippen molar-refractivity contribution < 1.29 is 19.8 Å². The maximum absolute atomic E-state index is 12.2. The number of aliphatic hydroxyl groups is 1. The molecule has 0 spiro atoms. The lowest BCUT2D eigenvalue weighted by atomic mass is 9.74. The van der Waals surface area contributed by atoms with Crippen LogP contribution in [0, 0.1) is 5.41 Å². The minimum Gasteiger partial charge on any atom is -0.481 e. The molecule has 0 unspecified atom stereocenters. The van der Waals surface area contributed by atoms with Gasteiger partial charge >= 0.3 is 12.0 Å². The first-order valence-electron chi connectivity index (χ1n) is 6.40. The molecule has 19 heavy (non-hydrogen) atoms. The van der Waals surface area contributed by atoms with Crippen molar-refractivity contribution in [1.82, 2.24) is 10.2 Å². The van der Waals surface area contributed by atoms with Gasteiger partial charge < -0.3 is 20.4 Å². The Morgan fingerprint density at radius 2 is 1.68 bits per heavy atom. The van der Waals surface area contributed by atoms with Crippen LogP contribution in [0.3, 0.4) is 0 Å². The van der Waals surface area contributed by atoms with Crippen molar-refractivity contribution in [3.8, 4) is 0 Å². The minimum absolute atomic E-state index is 0.0732. The largest absolute Gasteiger partial charge is 0.481 e. The van der Waals surface area contributed by atoms with Gasteiger partial charge in [-0.2, -0.15) is 0 Å². The van der Waals surface area contributed by atoms with E-state index in [9.17, 15) is 14.7 Å². The molecule has 0 aliphatic rings. The highest BCUT2D eigenvalue weighted by Gasteiger charge is 2.45. The first kappa shape index (κ1) is 17.7. The van der Waals surface area contributed by atoms with Gasteiger partial charge in [0.1, 0.15) is 0 Å². The van der Waals surface area contributed by atoms with Crippen LogP contribution in [0.4, 0.5) is 4.79 Å².